The predicted molar refractivity (Wildman–Crippen MR) is 68.9 cm³/mol. The molecule has 0 aliphatic heterocycles. The zero-order valence-corrected chi connectivity index (χ0v) is 11.3. The van der Waals surface area contributed by atoms with E-state index in [-0.39, 0.29) is 5.54 Å². The fourth-order valence-electron chi connectivity index (χ4n) is 2.46. The molecule has 3 heteroatoms. The van der Waals surface area contributed by atoms with Crippen molar-refractivity contribution < 1.29 is 4.52 Å². The Morgan fingerprint density at radius 3 is 2.65 bits per heavy atom. The molecule has 0 unspecified atom stereocenters. The lowest BCUT2D eigenvalue weighted by atomic mass is 9.86. The van der Waals surface area contributed by atoms with Crippen molar-refractivity contribution in [1.82, 2.24) is 10.5 Å². The van der Waals surface area contributed by atoms with Crippen LogP contribution in [0, 0.1) is 0 Å². The van der Waals surface area contributed by atoms with Crippen LogP contribution >= 0.6 is 0 Å². The molecule has 0 saturated heterocycles. The summed E-state index contributed by atoms with van der Waals surface area (Å²) in [5.41, 5.74) is 1.38. The molecule has 2 rings (SSSR count). The minimum absolute atomic E-state index is 0.140. The van der Waals surface area contributed by atoms with Gasteiger partial charge in [-0.1, -0.05) is 24.4 Å². The van der Waals surface area contributed by atoms with Gasteiger partial charge in [0, 0.05) is 23.6 Å². The molecule has 1 aromatic heterocycles. The Morgan fingerprint density at radius 2 is 2.00 bits per heavy atom. The standard InChI is InChI=1S/C14H24N2O/c1-14(2,3)15-9-12-10-16-17-13(12)11-7-5-4-6-8-11/h10-11,15H,4-9H2,1-3H3. The molecule has 1 aliphatic carbocycles. The predicted octanol–water partition coefficient (Wildman–Crippen LogP) is 3.61. The second-order valence-electron chi connectivity index (χ2n) is 6.15. The highest BCUT2D eigenvalue weighted by molar-refractivity contribution is 5.18. The SMILES string of the molecule is CC(C)(C)NCc1cnoc1C1CCCCC1. The highest BCUT2D eigenvalue weighted by atomic mass is 16.5. The van der Waals surface area contributed by atoms with Gasteiger partial charge < -0.3 is 9.84 Å². The lowest BCUT2D eigenvalue weighted by Crippen LogP contribution is -2.35. The molecule has 1 aromatic rings. The van der Waals surface area contributed by atoms with Gasteiger partial charge in [-0.05, 0) is 33.6 Å². The van der Waals surface area contributed by atoms with Crippen LogP contribution in [0.3, 0.4) is 0 Å². The number of aromatic nitrogens is 1. The average Bonchev–Trinajstić information content (AvgIpc) is 2.75. The van der Waals surface area contributed by atoms with Crippen LogP contribution in [0.15, 0.2) is 10.7 Å². The van der Waals surface area contributed by atoms with Crippen molar-refractivity contribution in [2.75, 3.05) is 0 Å². The van der Waals surface area contributed by atoms with E-state index in [0.717, 1.165) is 12.3 Å². The summed E-state index contributed by atoms with van der Waals surface area (Å²) in [4.78, 5) is 0. The van der Waals surface area contributed by atoms with Crippen molar-refractivity contribution in [3.05, 3.63) is 17.5 Å². The normalized spacial score (nSPS) is 18.5. The van der Waals surface area contributed by atoms with Crippen LogP contribution < -0.4 is 5.32 Å². The highest BCUT2D eigenvalue weighted by Crippen LogP contribution is 2.34. The van der Waals surface area contributed by atoms with Gasteiger partial charge in [-0.25, -0.2) is 0 Å². The molecular weight excluding hydrogens is 212 g/mol. The molecule has 0 atom stereocenters. The third-order valence-electron chi connectivity index (χ3n) is 3.46. The van der Waals surface area contributed by atoms with E-state index in [0.29, 0.717) is 5.92 Å². The minimum Gasteiger partial charge on any atom is -0.361 e. The summed E-state index contributed by atoms with van der Waals surface area (Å²) in [6.07, 6.45) is 8.44. The second-order valence-corrected chi connectivity index (χ2v) is 6.15. The summed E-state index contributed by atoms with van der Waals surface area (Å²) in [6.45, 7) is 7.40. The largest absolute Gasteiger partial charge is 0.361 e. The Kier molecular flexibility index (Phi) is 3.87. The summed E-state index contributed by atoms with van der Waals surface area (Å²) < 4.78 is 5.48. The van der Waals surface area contributed by atoms with Crippen molar-refractivity contribution in [2.24, 2.45) is 0 Å². The summed E-state index contributed by atoms with van der Waals surface area (Å²) in [5.74, 6) is 1.73. The molecule has 96 valence electrons. The fourth-order valence-corrected chi connectivity index (χ4v) is 2.46. The van der Waals surface area contributed by atoms with Crippen molar-refractivity contribution in [1.29, 1.82) is 0 Å². The van der Waals surface area contributed by atoms with Crippen LogP contribution in [-0.2, 0) is 6.54 Å². The van der Waals surface area contributed by atoms with Crippen molar-refractivity contribution >= 4 is 0 Å². The topological polar surface area (TPSA) is 38.1 Å². The number of rotatable bonds is 3. The molecule has 3 nitrogen and oxygen atoms in total. The van der Waals surface area contributed by atoms with Gasteiger partial charge in [-0.15, -0.1) is 0 Å². The van der Waals surface area contributed by atoms with Gasteiger partial charge in [-0.3, -0.25) is 0 Å². The molecule has 1 N–H and O–H groups in total. The summed E-state index contributed by atoms with van der Waals surface area (Å²) >= 11 is 0. The molecule has 0 amide bonds. The van der Waals surface area contributed by atoms with Gasteiger partial charge in [0.05, 0.1) is 6.20 Å². The maximum atomic E-state index is 5.48. The molecule has 17 heavy (non-hydrogen) atoms. The maximum absolute atomic E-state index is 5.48. The Hall–Kier alpha value is -0.830. The molecule has 1 aliphatic rings. The monoisotopic (exact) mass is 236 g/mol. The number of hydrogen-bond acceptors (Lipinski definition) is 3. The zero-order valence-electron chi connectivity index (χ0n) is 11.3. The van der Waals surface area contributed by atoms with Crippen LogP contribution in [0.5, 0.6) is 0 Å². The quantitative estimate of drug-likeness (QED) is 0.871. The van der Waals surface area contributed by atoms with Crippen LogP contribution in [-0.4, -0.2) is 10.7 Å². The Bertz CT molecular complexity index is 345. The Labute approximate surface area is 104 Å². The van der Waals surface area contributed by atoms with Gasteiger partial charge in [0.25, 0.3) is 0 Å². The highest BCUT2D eigenvalue weighted by Gasteiger charge is 2.23. The first-order valence-electron chi connectivity index (χ1n) is 6.75. The molecule has 0 radical (unpaired) electrons. The van der Waals surface area contributed by atoms with Crippen LogP contribution in [0.2, 0.25) is 0 Å². The van der Waals surface area contributed by atoms with Crippen molar-refractivity contribution in [3.8, 4) is 0 Å². The molecule has 0 spiro atoms. The van der Waals surface area contributed by atoms with Crippen molar-refractivity contribution in [3.63, 3.8) is 0 Å². The second kappa shape index (κ2) is 5.21. The summed E-state index contributed by atoms with van der Waals surface area (Å²) in [5, 5.41) is 7.49. The summed E-state index contributed by atoms with van der Waals surface area (Å²) in [7, 11) is 0. The van der Waals surface area contributed by atoms with E-state index >= 15 is 0 Å². The lowest BCUT2D eigenvalue weighted by Gasteiger charge is -2.22. The van der Waals surface area contributed by atoms with Crippen LogP contribution in [0.1, 0.15) is 70.1 Å². The van der Waals surface area contributed by atoms with Gasteiger partial charge in [-0.2, -0.15) is 0 Å². The lowest BCUT2D eigenvalue weighted by molar-refractivity contribution is 0.317. The van der Waals surface area contributed by atoms with E-state index in [4.69, 9.17) is 4.52 Å². The Balaban J connectivity index is 2.00. The van der Waals surface area contributed by atoms with Gasteiger partial charge in [0.1, 0.15) is 5.76 Å². The fraction of sp³-hybridized carbons (Fsp3) is 0.786. The first-order chi connectivity index (χ1) is 8.06. The number of hydrogen-bond donors (Lipinski definition) is 1. The third kappa shape index (κ3) is 3.56. The average molecular weight is 236 g/mol. The number of nitrogens with zero attached hydrogens (tertiary/aromatic N) is 1. The number of nitrogens with one attached hydrogen (secondary N) is 1. The van der Waals surface area contributed by atoms with E-state index in [1.165, 1.54) is 37.7 Å². The Morgan fingerprint density at radius 1 is 1.29 bits per heavy atom. The van der Waals surface area contributed by atoms with Gasteiger partial charge in [0.2, 0.25) is 0 Å². The summed E-state index contributed by atoms with van der Waals surface area (Å²) in [6, 6.07) is 0. The minimum atomic E-state index is 0.140. The van der Waals surface area contributed by atoms with Crippen LogP contribution in [0.4, 0.5) is 0 Å². The van der Waals surface area contributed by atoms with Crippen LogP contribution in [0.25, 0.3) is 0 Å². The van der Waals surface area contributed by atoms with Gasteiger partial charge in [0.15, 0.2) is 0 Å². The smallest absolute Gasteiger partial charge is 0.144 e. The van der Waals surface area contributed by atoms with E-state index < -0.39 is 0 Å². The van der Waals surface area contributed by atoms with E-state index in [2.05, 4.69) is 31.2 Å². The molecule has 1 heterocycles. The van der Waals surface area contributed by atoms with E-state index in [1.807, 2.05) is 6.20 Å². The van der Waals surface area contributed by atoms with Crippen molar-refractivity contribution in [2.45, 2.75) is 70.9 Å². The first kappa shape index (κ1) is 12.6. The van der Waals surface area contributed by atoms with E-state index in [1.54, 1.807) is 0 Å². The van der Waals surface area contributed by atoms with Gasteiger partial charge >= 0.3 is 0 Å². The molecule has 0 aromatic carbocycles. The first-order valence-corrected chi connectivity index (χ1v) is 6.75. The maximum Gasteiger partial charge on any atom is 0.144 e. The molecule has 1 saturated carbocycles. The van der Waals surface area contributed by atoms with E-state index in [9.17, 15) is 0 Å². The third-order valence-corrected chi connectivity index (χ3v) is 3.46. The zero-order chi connectivity index (χ0) is 12.3. The molecular formula is C14H24N2O. The molecule has 0 bridgehead atoms. The molecule has 1 fully saturated rings.